The smallest absolute Gasteiger partial charge is 0.344 e. The zero-order valence-electron chi connectivity index (χ0n) is 19.2. The fraction of sp³-hybridized carbons (Fsp3) is 0.609. The molecular weight excluding hydrogens is 412 g/mol. The van der Waals surface area contributed by atoms with E-state index < -0.39 is 0 Å². The van der Waals surface area contributed by atoms with Gasteiger partial charge >= 0.3 is 5.69 Å². The Morgan fingerprint density at radius 2 is 2.03 bits per heavy atom. The molecular formula is C23H34N4O3S. The number of thioether (sulfide) groups is 1. The fourth-order valence-corrected chi connectivity index (χ4v) is 4.68. The van der Waals surface area contributed by atoms with Crippen LogP contribution in [0.15, 0.2) is 22.1 Å². The van der Waals surface area contributed by atoms with Crippen LogP contribution in [0.4, 0.5) is 0 Å². The summed E-state index contributed by atoms with van der Waals surface area (Å²) >= 11 is 1.27. The van der Waals surface area contributed by atoms with E-state index in [1.165, 1.54) is 34.0 Å². The van der Waals surface area contributed by atoms with Crippen molar-refractivity contribution in [3.8, 4) is 0 Å². The number of hydrogen-bond donors (Lipinski definition) is 2. The van der Waals surface area contributed by atoms with Crippen LogP contribution in [0.5, 0.6) is 0 Å². The Morgan fingerprint density at radius 1 is 1.32 bits per heavy atom. The van der Waals surface area contributed by atoms with Gasteiger partial charge in [-0.2, -0.15) is 0 Å². The van der Waals surface area contributed by atoms with Crippen molar-refractivity contribution < 1.29 is 9.53 Å². The van der Waals surface area contributed by atoms with Gasteiger partial charge in [0, 0.05) is 13.2 Å². The molecule has 0 bridgehead atoms. The number of carbonyl (C=O) groups is 1. The summed E-state index contributed by atoms with van der Waals surface area (Å²) in [7, 11) is 0. The van der Waals surface area contributed by atoms with E-state index in [2.05, 4.69) is 62.3 Å². The molecule has 3 rings (SSSR count). The fourth-order valence-electron chi connectivity index (χ4n) is 3.90. The highest BCUT2D eigenvalue weighted by atomic mass is 32.2. The van der Waals surface area contributed by atoms with Crippen LogP contribution in [0.3, 0.4) is 0 Å². The van der Waals surface area contributed by atoms with Gasteiger partial charge in [-0.05, 0) is 60.8 Å². The molecule has 1 unspecified atom stereocenters. The number of rotatable bonds is 8. The first-order valence-corrected chi connectivity index (χ1v) is 11.9. The van der Waals surface area contributed by atoms with Gasteiger partial charge in [0.1, 0.15) is 0 Å². The molecule has 8 heteroatoms. The minimum absolute atomic E-state index is 0.0413. The first kappa shape index (κ1) is 23.6. The number of nitrogens with one attached hydrogen (secondary N) is 2. The monoisotopic (exact) mass is 446 g/mol. The molecule has 1 aromatic heterocycles. The maximum atomic E-state index is 12.3. The van der Waals surface area contributed by atoms with Crippen LogP contribution in [0.25, 0.3) is 0 Å². The van der Waals surface area contributed by atoms with Gasteiger partial charge in [0.15, 0.2) is 5.16 Å². The van der Waals surface area contributed by atoms with Crippen LogP contribution in [0, 0.1) is 13.8 Å². The highest BCUT2D eigenvalue weighted by molar-refractivity contribution is 7.99. The standard InChI is InChI=1S/C23H34N4O3S/c1-15-11-17(23(3,4)5)12-16(2)19(15)8-9-24-20(28)14-31-22-26-25-21(29)27(22)13-18-7-6-10-30-18/h11-12,18H,6-10,13-14H2,1-5H3,(H,24,28)(H,25,29). The second-order valence-electron chi connectivity index (χ2n) is 9.28. The SMILES string of the molecule is Cc1cc(C(C)(C)C)cc(C)c1CCNC(=O)CSc1n[nH]c(=O)n1CC1CCCO1. The number of aryl methyl sites for hydroxylation is 2. The Hall–Kier alpha value is -2.06. The van der Waals surface area contributed by atoms with E-state index in [-0.39, 0.29) is 28.9 Å². The van der Waals surface area contributed by atoms with E-state index in [0.717, 1.165) is 25.9 Å². The first-order valence-electron chi connectivity index (χ1n) is 10.9. The van der Waals surface area contributed by atoms with Crippen LogP contribution < -0.4 is 11.0 Å². The van der Waals surface area contributed by atoms with Gasteiger partial charge in [-0.15, -0.1) is 5.10 Å². The Morgan fingerprint density at radius 3 is 2.65 bits per heavy atom. The number of benzene rings is 1. The van der Waals surface area contributed by atoms with Crippen molar-refractivity contribution in [1.29, 1.82) is 0 Å². The third-order valence-electron chi connectivity index (χ3n) is 5.73. The Bertz CT molecular complexity index is 945. The van der Waals surface area contributed by atoms with Gasteiger partial charge in [-0.3, -0.25) is 9.36 Å². The number of amides is 1. The van der Waals surface area contributed by atoms with Crippen molar-refractivity contribution in [2.75, 3.05) is 18.9 Å². The lowest BCUT2D eigenvalue weighted by atomic mass is 9.83. The number of aromatic amines is 1. The summed E-state index contributed by atoms with van der Waals surface area (Å²) in [5, 5.41) is 10.1. The summed E-state index contributed by atoms with van der Waals surface area (Å²) < 4.78 is 7.18. The molecule has 0 spiro atoms. The molecule has 1 atom stereocenters. The van der Waals surface area contributed by atoms with Crippen LogP contribution >= 0.6 is 11.8 Å². The largest absolute Gasteiger partial charge is 0.376 e. The number of carbonyl (C=O) groups excluding carboxylic acids is 1. The maximum absolute atomic E-state index is 12.3. The molecule has 1 aliphatic rings. The summed E-state index contributed by atoms with van der Waals surface area (Å²) in [4.78, 5) is 24.4. The third-order valence-corrected chi connectivity index (χ3v) is 6.70. The van der Waals surface area contributed by atoms with Crippen molar-refractivity contribution in [2.45, 2.75) is 77.1 Å². The highest BCUT2D eigenvalue weighted by Gasteiger charge is 2.20. The lowest BCUT2D eigenvalue weighted by Crippen LogP contribution is -2.28. The van der Waals surface area contributed by atoms with Crippen molar-refractivity contribution >= 4 is 17.7 Å². The summed E-state index contributed by atoms with van der Waals surface area (Å²) in [6.07, 6.45) is 2.79. The minimum Gasteiger partial charge on any atom is -0.376 e. The Labute approximate surface area is 188 Å². The molecule has 2 aromatic rings. The van der Waals surface area contributed by atoms with E-state index in [4.69, 9.17) is 4.74 Å². The van der Waals surface area contributed by atoms with Gasteiger partial charge in [0.2, 0.25) is 5.91 Å². The topological polar surface area (TPSA) is 89.0 Å². The molecule has 1 fully saturated rings. The normalized spacial score (nSPS) is 16.6. The molecule has 2 N–H and O–H groups in total. The van der Waals surface area contributed by atoms with Gasteiger partial charge in [0.25, 0.3) is 0 Å². The van der Waals surface area contributed by atoms with Gasteiger partial charge < -0.3 is 10.1 Å². The molecule has 1 saturated heterocycles. The minimum atomic E-state index is -0.261. The van der Waals surface area contributed by atoms with Crippen LogP contribution in [0.2, 0.25) is 0 Å². The average molecular weight is 447 g/mol. The quantitative estimate of drug-likeness (QED) is 0.608. The molecule has 1 aliphatic heterocycles. The van der Waals surface area contributed by atoms with Crippen molar-refractivity contribution in [3.05, 3.63) is 44.9 Å². The number of aromatic nitrogens is 3. The maximum Gasteiger partial charge on any atom is 0.344 e. The zero-order chi connectivity index (χ0) is 22.6. The van der Waals surface area contributed by atoms with E-state index in [1.54, 1.807) is 4.57 Å². The first-order chi connectivity index (χ1) is 14.6. The molecule has 1 amide bonds. The highest BCUT2D eigenvalue weighted by Crippen LogP contribution is 2.27. The molecule has 0 saturated carbocycles. The number of ether oxygens (including phenoxy) is 1. The lowest BCUT2D eigenvalue weighted by Gasteiger charge is -2.22. The van der Waals surface area contributed by atoms with E-state index in [9.17, 15) is 9.59 Å². The lowest BCUT2D eigenvalue weighted by molar-refractivity contribution is -0.118. The van der Waals surface area contributed by atoms with Crippen LogP contribution in [0.1, 0.15) is 55.9 Å². The van der Waals surface area contributed by atoms with Crippen molar-refractivity contribution in [1.82, 2.24) is 20.1 Å². The second-order valence-corrected chi connectivity index (χ2v) is 10.2. The zero-order valence-corrected chi connectivity index (χ0v) is 20.0. The summed E-state index contributed by atoms with van der Waals surface area (Å²) in [5.74, 6) is 0.155. The van der Waals surface area contributed by atoms with Crippen molar-refractivity contribution in [2.24, 2.45) is 0 Å². The predicted octanol–water partition coefficient (Wildman–Crippen LogP) is 3.12. The molecule has 2 heterocycles. The summed E-state index contributed by atoms with van der Waals surface area (Å²) in [6, 6.07) is 4.51. The molecule has 0 radical (unpaired) electrons. The van der Waals surface area contributed by atoms with E-state index >= 15 is 0 Å². The molecule has 170 valence electrons. The number of hydrogen-bond acceptors (Lipinski definition) is 5. The predicted molar refractivity (Wildman–Crippen MR) is 124 cm³/mol. The van der Waals surface area contributed by atoms with Gasteiger partial charge in [0.05, 0.1) is 18.4 Å². The number of nitrogens with zero attached hydrogens (tertiary/aromatic N) is 2. The average Bonchev–Trinajstić information content (AvgIpc) is 3.32. The van der Waals surface area contributed by atoms with Gasteiger partial charge in [-0.1, -0.05) is 44.7 Å². The van der Waals surface area contributed by atoms with Crippen LogP contribution in [-0.2, 0) is 27.9 Å². The molecule has 31 heavy (non-hydrogen) atoms. The van der Waals surface area contributed by atoms with Crippen molar-refractivity contribution in [3.63, 3.8) is 0 Å². The molecule has 0 aliphatic carbocycles. The Balaban J connectivity index is 1.50. The number of H-pyrrole nitrogens is 1. The molecule has 1 aromatic carbocycles. The molecule has 7 nitrogen and oxygen atoms in total. The summed E-state index contributed by atoms with van der Waals surface area (Å²) in [5.41, 5.74) is 5.02. The summed E-state index contributed by atoms with van der Waals surface area (Å²) in [6.45, 7) is 12.7. The van der Waals surface area contributed by atoms with Crippen LogP contribution in [-0.4, -0.2) is 45.7 Å². The Kier molecular flexibility index (Phi) is 7.64. The third kappa shape index (κ3) is 6.23. The second kappa shape index (κ2) is 10.0. The van der Waals surface area contributed by atoms with Gasteiger partial charge in [-0.25, -0.2) is 9.89 Å². The van der Waals surface area contributed by atoms with E-state index in [0.29, 0.717) is 18.2 Å². The van der Waals surface area contributed by atoms with E-state index in [1.807, 2.05) is 0 Å².